The Morgan fingerprint density at radius 2 is 1.52 bits per heavy atom. The van der Waals surface area contributed by atoms with Gasteiger partial charge in [-0.15, -0.1) is 0 Å². The van der Waals surface area contributed by atoms with Gasteiger partial charge in [-0.25, -0.2) is 4.79 Å². The second-order valence-electron chi connectivity index (χ2n) is 8.08. The summed E-state index contributed by atoms with van der Waals surface area (Å²) in [6, 6.07) is 17.9. The van der Waals surface area contributed by atoms with Crippen LogP contribution in [0.4, 0.5) is 10.5 Å². The standard InChI is InChI=1S/C24H34N4O2.ClH/c1-25-14-18-28(19-15-26-2)16-12-21(13-17-28)30-24(29)27-23-11-7-6-10-22(23)20-8-4-3-5-9-20;/h3-11,21,25-26H,12-19H2,1-2H3;1H. The van der Waals surface area contributed by atoms with Gasteiger partial charge >= 0.3 is 6.09 Å². The number of para-hydroxylation sites is 1. The quantitative estimate of drug-likeness (QED) is 0.486. The molecule has 170 valence electrons. The number of piperidine rings is 1. The molecule has 0 radical (unpaired) electrons. The zero-order valence-corrected chi connectivity index (χ0v) is 19.3. The molecule has 7 heteroatoms. The molecule has 0 saturated carbocycles. The molecule has 1 saturated heterocycles. The monoisotopic (exact) mass is 446 g/mol. The van der Waals surface area contributed by atoms with Crippen LogP contribution in [0.5, 0.6) is 0 Å². The third-order valence-corrected chi connectivity index (χ3v) is 6.05. The van der Waals surface area contributed by atoms with Crippen LogP contribution in [0.3, 0.4) is 0 Å². The summed E-state index contributed by atoms with van der Waals surface area (Å²) in [4.78, 5) is 12.6. The largest absolute Gasteiger partial charge is 1.00 e. The molecule has 1 aliphatic rings. The number of ether oxygens (including phenoxy) is 1. The van der Waals surface area contributed by atoms with E-state index in [9.17, 15) is 4.79 Å². The maximum Gasteiger partial charge on any atom is 0.411 e. The van der Waals surface area contributed by atoms with Crippen LogP contribution < -0.4 is 28.4 Å². The van der Waals surface area contributed by atoms with Gasteiger partial charge in [0.1, 0.15) is 6.10 Å². The Hall–Kier alpha value is -2.12. The second-order valence-corrected chi connectivity index (χ2v) is 8.08. The zero-order chi connectivity index (χ0) is 21.2. The second kappa shape index (κ2) is 12.7. The SMILES string of the molecule is CNCC[N+]1(CCNC)CCC(OC(=O)Nc2ccccc2-c2ccccc2)CC1.[Cl-]. The summed E-state index contributed by atoms with van der Waals surface area (Å²) in [6.45, 7) is 6.32. The lowest BCUT2D eigenvalue weighted by Gasteiger charge is -2.43. The van der Waals surface area contributed by atoms with Gasteiger partial charge in [0.15, 0.2) is 0 Å². The minimum atomic E-state index is -0.367. The van der Waals surface area contributed by atoms with Crippen molar-refractivity contribution in [2.75, 3.05) is 58.7 Å². The van der Waals surface area contributed by atoms with Crippen molar-refractivity contribution >= 4 is 11.8 Å². The van der Waals surface area contributed by atoms with Crippen LogP contribution in [0.25, 0.3) is 11.1 Å². The van der Waals surface area contributed by atoms with Gasteiger partial charge in [0.2, 0.25) is 0 Å². The normalized spacial score (nSPS) is 15.7. The zero-order valence-electron chi connectivity index (χ0n) is 18.6. The van der Waals surface area contributed by atoms with E-state index in [1.807, 2.05) is 68.7 Å². The number of benzene rings is 2. The summed E-state index contributed by atoms with van der Waals surface area (Å²) >= 11 is 0. The topological polar surface area (TPSA) is 62.4 Å². The molecule has 2 aromatic carbocycles. The average Bonchev–Trinajstić information content (AvgIpc) is 2.79. The number of carbonyl (C=O) groups excluding carboxylic acids is 1. The third-order valence-electron chi connectivity index (χ3n) is 6.05. The Morgan fingerprint density at radius 1 is 0.935 bits per heavy atom. The lowest BCUT2D eigenvalue weighted by molar-refractivity contribution is -0.931. The molecule has 0 atom stereocenters. The number of likely N-dealkylation sites (tertiary alicyclic amines) is 1. The van der Waals surface area contributed by atoms with Crippen molar-refractivity contribution in [3.63, 3.8) is 0 Å². The molecule has 0 unspecified atom stereocenters. The minimum Gasteiger partial charge on any atom is -1.00 e. The molecule has 3 rings (SSSR count). The van der Waals surface area contributed by atoms with Crippen LogP contribution in [0.2, 0.25) is 0 Å². The Bertz CT molecular complexity index is 785. The maximum absolute atomic E-state index is 12.6. The summed E-state index contributed by atoms with van der Waals surface area (Å²) in [5, 5.41) is 9.51. The van der Waals surface area contributed by atoms with Crippen LogP contribution in [0.1, 0.15) is 12.8 Å². The van der Waals surface area contributed by atoms with Gasteiger partial charge in [-0.3, -0.25) is 5.32 Å². The number of rotatable bonds is 9. The van der Waals surface area contributed by atoms with Crippen molar-refractivity contribution in [3.8, 4) is 11.1 Å². The number of amides is 1. The number of halogens is 1. The number of nitrogens with zero attached hydrogens (tertiary/aromatic N) is 1. The van der Waals surface area contributed by atoms with Gasteiger partial charge in [-0.05, 0) is 25.7 Å². The molecule has 31 heavy (non-hydrogen) atoms. The number of likely N-dealkylation sites (N-methyl/N-ethyl adjacent to an activating group) is 2. The van der Waals surface area contributed by atoms with E-state index in [-0.39, 0.29) is 24.6 Å². The lowest BCUT2D eigenvalue weighted by atomic mass is 10.0. The fourth-order valence-corrected chi connectivity index (χ4v) is 4.22. The molecule has 1 amide bonds. The summed E-state index contributed by atoms with van der Waals surface area (Å²) < 4.78 is 6.88. The molecule has 1 heterocycles. The molecular weight excluding hydrogens is 412 g/mol. The van der Waals surface area contributed by atoms with Crippen molar-refractivity contribution in [2.45, 2.75) is 18.9 Å². The van der Waals surface area contributed by atoms with E-state index >= 15 is 0 Å². The van der Waals surface area contributed by atoms with Crippen LogP contribution >= 0.6 is 0 Å². The number of anilines is 1. The molecule has 0 aliphatic carbocycles. The van der Waals surface area contributed by atoms with Crippen LogP contribution in [0.15, 0.2) is 54.6 Å². The summed E-state index contributed by atoms with van der Waals surface area (Å²) in [6.07, 6.45) is 1.42. The van der Waals surface area contributed by atoms with E-state index in [1.165, 1.54) is 0 Å². The Morgan fingerprint density at radius 3 is 2.13 bits per heavy atom. The number of hydrogen-bond donors (Lipinski definition) is 3. The van der Waals surface area contributed by atoms with E-state index in [0.717, 1.165) is 73.4 Å². The molecule has 0 aromatic heterocycles. The van der Waals surface area contributed by atoms with E-state index < -0.39 is 0 Å². The Labute approximate surface area is 192 Å². The van der Waals surface area contributed by atoms with E-state index in [0.29, 0.717) is 0 Å². The number of nitrogens with one attached hydrogen (secondary N) is 3. The summed E-state index contributed by atoms with van der Waals surface area (Å²) in [5.74, 6) is 0. The molecule has 0 spiro atoms. The van der Waals surface area contributed by atoms with Crippen LogP contribution in [-0.2, 0) is 4.74 Å². The third kappa shape index (κ3) is 7.21. The predicted octanol–water partition coefficient (Wildman–Crippen LogP) is 0.324. The fourth-order valence-electron chi connectivity index (χ4n) is 4.22. The Balaban J connectivity index is 0.00000341. The van der Waals surface area contributed by atoms with Gasteiger partial charge in [-0.1, -0.05) is 48.5 Å². The first kappa shape index (κ1) is 25.1. The molecular formula is C24H35ClN4O2. The van der Waals surface area contributed by atoms with E-state index in [2.05, 4.69) is 16.0 Å². The average molecular weight is 447 g/mol. The number of hydrogen-bond acceptors (Lipinski definition) is 4. The summed E-state index contributed by atoms with van der Waals surface area (Å²) in [5.41, 5.74) is 2.84. The minimum absolute atomic E-state index is 0. The highest BCUT2D eigenvalue weighted by atomic mass is 35.5. The Kier molecular flexibility index (Phi) is 10.3. The fraction of sp³-hybridized carbons (Fsp3) is 0.458. The molecule has 6 nitrogen and oxygen atoms in total. The first-order valence-electron chi connectivity index (χ1n) is 10.9. The highest BCUT2D eigenvalue weighted by molar-refractivity contribution is 5.91. The molecule has 1 aliphatic heterocycles. The molecule has 3 N–H and O–H groups in total. The van der Waals surface area contributed by atoms with Crippen molar-refractivity contribution in [1.29, 1.82) is 0 Å². The van der Waals surface area contributed by atoms with Gasteiger partial charge in [0.05, 0.1) is 31.9 Å². The van der Waals surface area contributed by atoms with Gasteiger partial charge in [-0.2, -0.15) is 0 Å². The van der Waals surface area contributed by atoms with Gasteiger partial charge in [0.25, 0.3) is 0 Å². The molecule has 2 aromatic rings. The lowest BCUT2D eigenvalue weighted by Crippen LogP contribution is -3.00. The van der Waals surface area contributed by atoms with E-state index in [4.69, 9.17) is 4.74 Å². The van der Waals surface area contributed by atoms with Crippen LogP contribution in [0, 0.1) is 0 Å². The predicted molar refractivity (Wildman–Crippen MR) is 123 cm³/mol. The van der Waals surface area contributed by atoms with Gasteiger partial charge in [0, 0.05) is 31.5 Å². The smallest absolute Gasteiger partial charge is 0.411 e. The van der Waals surface area contributed by atoms with Crippen LogP contribution in [-0.4, -0.2) is 70.0 Å². The highest BCUT2D eigenvalue weighted by Crippen LogP contribution is 2.28. The van der Waals surface area contributed by atoms with Gasteiger partial charge < -0.3 is 32.3 Å². The maximum atomic E-state index is 12.6. The van der Waals surface area contributed by atoms with E-state index in [1.54, 1.807) is 0 Å². The van der Waals surface area contributed by atoms with Crippen molar-refractivity contribution in [2.24, 2.45) is 0 Å². The highest BCUT2D eigenvalue weighted by Gasteiger charge is 2.34. The molecule has 1 fully saturated rings. The molecule has 0 bridgehead atoms. The first-order chi connectivity index (χ1) is 14.7. The van der Waals surface area contributed by atoms with Crippen molar-refractivity contribution < 1.29 is 26.4 Å². The summed E-state index contributed by atoms with van der Waals surface area (Å²) in [7, 11) is 4.00. The van der Waals surface area contributed by atoms with Crippen molar-refractivity contribution in [3.05, 3.63) is 54.6 Å². The number of quaternary nitrogens is 1. The first-order valence-corrected chi connectivity index (χ1v) is 10.9. The number of carbonyl (C=O) groups is 1. The van der Waals surface area contributed by atoms with Crippen molar-refractivity contribution in [1.82, 2.24) is 10.6 Å².